The van der Waals surface area contributed by atoms with E-state index >= 15 is 0 Å². The van der Waals surface area contributed by atoms with Gasteiger partial charge in [-0.3, -0.25) is 0 Å². The second-order valence-corrected chi connectivity index (χ2v) is 2.75. The van der Waals surface area contributed by atoms with Crippen LogP contribution in [0.3, 0.4) is 0 Å². The van der Waals surface area contributed by atoms with Gasteiger partial charge >= 0.3 is 29.6 Å². The molecule has 0 aliphatic heterocycles. The molecule has 62 valence electrons. The number of nitriles is 1. The molecule has 1 aromatic rings. The van der Waals surface area contributed by atoms with Gasteiger partial charge in [-0.2, -0.15) is 5.26 Å². The van der Waals surface area contributed by atoms with Crippen molar-refractivity contribution in [3.63, 3.8) is 0 Å². The Morgan fingerprint density at radius 3 is 2.77 bits per heavy atom. The molecule has 0 fully saturated rings. The van der Waals surface area contributed by atoms with Gasteiger partial charge < -0.3 is 9.84 Å². The molecule has 0 aliphatic rings. The number of methoxy groups -OCH3 is 1. The molecule has 0 spiro atoms. The predicted octanol–water partition coefficient (Wildman–Crippen LogP) is -2.20. The summed E-state index contributed by atoms with van der Waals surface area (Å²) in [5.41, 5.74) is -0.166. The van der Waals surface area contributed by atoms with Crippen LogP contribution in [0.15, 0.2) is 10.7 Å². The molecule has 0 atom stereocenters. The second kappa shape index (κ2) is 5.45. The molecule has 1 rings (SSSR count). The smallest absolute Gasteiger partial charge is 0.868 e. The maximum Gasteiger partial charge on any atom is 1.00 e. The van der Waals surface area contributed by atoms with Crippen LogP contribution in [0.1, 0.15) is 5.69 Å². The van der Waals surface area contributed by atoms with E-state index in [2.05, 4.69) is 20.9 Å². The third-order valence-corrected chi connectivity index (χ3v) is 1.64. The number of hydrogen-bond donors (Lipinski definition) is 0. The molecule has 1 heterocycles. The first kappa shape index (κ1) is 12.7. The number of pyridine rings is 1. The van der Waals surface area contributed by atoms with Crippen molar-refractivity contribution in [2.24, 2.45) is 0 Å². The fourth-order valence-electron chi connectivity index (χ4n) is 0.708. The molecule has 0 radical (unpaired) electrons. The van der Waals surface area contributed by atoms with Crippen LogP contribution in [0.25, 0.3) is 0 Å². The average Bonchev–Trinajstić information content (AvgIpc) is 2.08. The fraction of sp³-hybridized carbons (Fsp3) is 0.143. The molecule has 0 aliphatic carbocycles. The van der Waals surface area contributed by atoms with E-state index in [1.807, 2.05) is 0 Å². The maximum atomic E-state index is 11.2. The predicted molar refractivity (Wildman–Crippen MR) is 42.7 cm³/mol. The molecule has 0 N–H and O–H groups in total. The Hall–Kier alpha value is -0.280. The minimum atomic E-state index is -0.483. The summed E-state index contributed by atoms with van der Waals surface area (Å²) in [6, 6.07) is 3.10. The normalized spacial score (nSPS) is 8.38. The molecular weight excluding hydrogens is 247 g/mol. The maximum absolute atomic E-state index is 11.2. The van der Waals surface area contributed by atoms with Crippen molar-refractivity contribution in [3.05, 3.63) is 16.4 Å². The second-order valence-electron chi connectivity index (χ2n) is 1.94. The van der Waals surface area contributed by atoms with Gasteiger partial charge in [0.2, 0.25) is 0 Å². The summed E-state index contributed by atoms with van der Waals surface area (Å²) in [6.07, 6.45) is 0. The van der Waals surface area contributed by atoms with Crippen LogP contribution in [-0.2, 0) is 0 Å². The van der Waals surface area contributed by atoms with Crippen LogP contribution in [0.5, 0.6) is 11.5 Å². The molecule has 0 unspecified atom stereocenters. The molecule has 0 bridgehead atoms. The van der Waals surface area contributed by atoms with E-state index in [1.54, 1.807) is 6.07 Å². The summed E-state index contributed by atoms with van der Waals surface area (Å²) in [4.78, 5) is 3.66. The summed E-state index contributed by atoms with van der Waals surface area (Å²) in [6.45, 7) is 0. The third kappa shape index (κ3) is 2.85. The molecule has 0 amide bonds. The fourth-order valence-corrected chi connectivity index (χ4v) is 1.09. The summed E-state index contributed by atoms with van der Waals surface area (Å²) in [5, 5.41) is 19.6. The van der Waals surface area contributed by atoms with E-state index in [-0.39, 0.29) is 41.0 Å². The monoisotopic (exact) mass is 250 g/mol. The molecule has 0 saturated heterocycles. The van der Waals surface area contributed by atoms with Gasteiger partial charge in [0.05, 0.1) is 7.11 Å². The van der Waals surface area contributed by atoms with Crippen LogP contribution in [0.4, 0.5) is 0 Å². The van der Waals surface area contributed by atoms with Crippen LogP contribution < -0.4 is 39.4 Å². The van der Waals surface area contributed by atoms with Gasteiger partial charge in [-0.15, -0.1) is 0 Å². The first-order valence-corrected chi connectivity index (χ1v) is 3.80. The van der Waals surface area contributed by atoms with Crippen LogP contribution in [-0.4, -0.2) is 12.1 Å². The summed E-state index contributed by atoms with van der Waals surface area (Å²) in [5.74, 6) is -0.364. The third-order valence-electron chi connectivity index (χ3n) is 1.23. The van der Waals surface area contributed by atoms with E-state index in [0.717, 1.165) is 0 Å². The zero-order valence-corrected chi connectivity index (χ0v) is 10.8. The van der Waals surface area contributed by atoms with Crippen molar-refractivity contribution in [3.8, 4) is 17.6 Å². The van der Waals surface area contributed by atoms with Gasteiger partial charge in [-0.05, 0) is 21.7 Å². The van der Waals surface area contributed by atoms with Crippen molar-refractivity contribution >= 4 is 15.9 Å². The zero-order chi connectivity index (χ0) is 9.14. The number of ether oxygens (including phenoxy) is 1. The van der Waals surface area contributed by atoms with Crippen molar-refractivity contribution in [2.45, 2.75) is 0 Å². The van der Waals surface area contributed by atoms with Crippen molar-refractivity contribution in [1.82, 2.24) is 4.98 Å². The Morgan fingerprint density at radius 2 is 2.31 bits per heavy atom. The Bertz CT molecular complexity index is 351. The SMILES string of the molecule is COc1cc(Br)nc(C#N)c1[O-].[Na+]. The van der Waals surface area contributed by atoms with E-state index in [4.69, 9.17) is 10.00 Å². The minimum absolute atomic E-state index is 0. The molecule has 13 heavy (non-hydrogen) atoms. The molecule has 4 nitrogen and oxygen atoms in total. The summed E-state index contributed by atoms with van der Waals surface area (Å²) < 4.78 is 5.15. The Kier molecular flexibility index (Phi) is 5.33. The minimum Gasteiger partial charge on any atom is -0.868 e. The number of aromatic nitrogens is 1. The summed E-state index contributed by atoms with van der Waals surface area (Å²) >= 11 is 3.05. The van der Waals surface area contributed by atoms with E-state index in [9.17, 15) is 5.11 Å². The van der Waals surface area contributed by atoms with Crippen molar-refractivity contribution in [2.75, 3.05) is 7.11 Å². The number of halogens is 1. The Balaban J connectivity index is 0.00000144. The number of hydrogen-bond acceptors (Lipinski definition) is 4. The number of rotatable bonds is 1. The Labute approximate surface area is 106 Å². The van der Waals surface area contributed by atoms with Gasteiger partial charge in [-0.1, -0.05) is 0 Å². The van der Waals surface area contributed by atoms with Gasteiger partial charge in [0.15, 0.2) is 0 Å². The molecule has 0 aromatic carbocycles. The quantitative estimate of drug-likeness (QED) is 0.419. The van der Waals surface area contributed by atoms with Crippen LogP contribution in [0.2, 0.25) is 0 Å². The first-order chi connectivity index (χ1) is 5.69. The molecule has 6 heteroatoms. The van der Waals surface area contributed by atoms with E-state index < -0.39 is 5.75 Å². The van der Waals surface area contributed by atoms with Crippen molar-refractivity contribution < 1.29 is 39.4 Å². The van der Waals surface area contributed by atoms with Gasteiger partial charge in [0.1, 0.15) is 22.1 Å². The van der Waals surface area contributed by atoms with Gasteiger partial charge in [-0.25, -0.2) is 4.98 Å². The van der Waals surface area contributed by atoms with Gasteiger partial charge in [0, 0.05) is 6.07 Å². The topological polar surface area (TPSA) is 69.0 Å². The molecule has 0 saturated carbocycles. The zero-order valence-electron chi connectivity index (χ0n) is 7.17. The molecular formula is C7H4BrN2NaO2. The van der Waals surface area contributed by atoms with Crippen molar-refractivity contribution in [1.29, 1.82) is 5.26 Å². The first-order valence-electron chi connectivity index (χ1n) is 3.00. The Morgan fingerprint density at radius 1 is 1.69 bits per heavy atom. The summed E-state index contributed by atoms with van der Waals surface area (Å²) in [7, 11) is 1.37. The average molecular weight is 251 g/mol. The van der Waals surface area contributed by atoms with E-state index in [0.29, 0.717) is 4.60 Å². The van der Waals surface area contributed by atoms with Gasteiger partial charge in [0.25, 0.3) is 0 Å². The molecule has 1 aromatic heterocycles. The largest absolute Gasteiger partial charge is 1.00 e. The number of nitrogens with zero attached hydrogens (tertiary/aromatic N) is 2. The van der Waals surface area contributed by atoms with Crippen LogP contribution >= 0.6 is 15.9 Å². The van der Waals surface area contributed by atoms with E-state index in [1.165, 1.54) is 13.2 Å². The van der Waals surface area contributed by atoms with Crippen LogP contribution in [0, 0.1) is 11.3 Å². The standard InChI is InChI=1S/C7H5BrN2O2.Na/c1-12-5-2-6(8)10-4(3-9)7(5)11;/h2,11H,1H3;/q;+1/p-1.